The Balaban J connectivity index is 1.39. The summed E-state index contributed by atoms with van der Waals surface area (Å²) in [5, 5.41) is 2.78. The summed E-state index contributed by atoms with van der Waals surface area (Å²) in [6.45, 7) is 1.56. The van der Waals surface area contributed by atoms with Crippen molar-refractivity contribution in [3.05, 3.63) is 48.9 Å². The van der Waals surface area contributed by atoms with Crippen molar-refractivity contribution in [1.29, 1.82) is 0 Å². The summed E-state index contributed by atoms with van der Waals surface area (Å²) in [6.07, 6.45) is 6.58. The number of benzene rings is 1. The van der Waals surface area contributed by atoms with Crippen LogP contribution >= 0.6 is 0 Å². The van der Waals surface area contributed by atoms with Crippen LogP contribution in [0.4, 0.5) is 11.8 Å². The summed E-state index contributed by atoms with van der Waals surface area (Å²) >= 11 is 0. The van der Waals surface area contributed by atoms with Gasteiger partial charge in [-0.05, 0) is 31.0 Å². The van der Waals surface area contributed by atoms with Crippen LogP contribution in [0.15, 0.2) is 48.9 Å². The summed E-state index contributed by atoms with van der Waals surface area (Å²) < 4.78 is 0. The molecule has 0 unspecified atom stereocenters. The van der Waals surface area contributed by atoms with Gasteiger partial charge in [-0.15, -0.1) is 0 Å². The summed E-state index contributed by atoms with van der Waals surface area (Å²) in [5.74, 6) is 1.17. The summed E-state index contributed by atoms with van der Waals surface area (Å²) in [4.78, 5) is 31.7. The molecule has 0 spiro atoms. The molecule has 0 bridgehead atoms. The van der Waals surface area contributed by atoms with Crippen molar-refractivity contribution in [2.75, 3.05) is 23.3 Å². The third kappa shape index (κ3) is 3.40. The topological polar surface area (TPSA) is 83.9 Å². The van der Waals surface area contributed by atoms with Crippen molar-refractivity contribution in [2.24, 2.45) is 5.92 Å². The lowest BCUT2D eigenvalue weighted by Gasteiger charge is -2.31. The molecule has 126 valence electrons. The zero-order chi connectivity index (χ0) is 17.1. The highest BCUT2D eigenvalue weighted by atomic mass is 16.2. The van der Waals surface area contributed by atoms with Crippen LogP contribution in [0.1, 0.15) is 12.8 Å². The smallest absolute Gasteiger partial charge is 0.229 e. The first-order chi connectivity index (χ1) is 12.3. The van der Waals surface area contributed by atoms with E-state index < -0.39 is 0 Å². The Hall–Kier alpha value is -3.09. The predicted molar refractivity (Wildman–Crippen MR) is 95.1 cm³/mol. The van der Waals surface area contributed by atoms with Gasteiger partial charge >= 0.3 is 0 Å². The minimum atomic E-state index is -0.0338. The summed E-state index contributed by atoms with van der Waals surface area (Å²) in [7, 11) is 0. The molecule has 0 saturated carbocycles. The monoisotopic (exact) mass is 334 g/mol. The highest BCUT2D eigenvalue weighted by Crippen LogP contribution is 2.23. The number of hydrogen-bond acceptors (Lipinski definition) is 6. The molecule has 1 aliphatic heterocycles. The lowest BCUT2D eigenvalue weighted by atomic mass is 9.96. The van der Waals surface area contributed by atoms with E-state index in [0.717, 1.165) is 42.8 Å². The molecule has 1 aliphatic rings. The molecule has 1 fully saturated rings. The molecule has 1 saturated heterocycles. The fraction of sp³-hybridized carbons (Fsp3) is 0.278. The maximum absolute atomic E-state index is 12.3. The lowest BCUT2D eigenvalue weighted by molar-refractivity contribution is -0.120. The van der Waals surface area contributed by atoms with Crippen molar-refractivity contribution < 1.29 is 4.79 Å². The number of fused-ring (bicyclic) bond motifs is 1. The Bertz CT molecular complexity index is 877. The highest BCUT2D eigenvalue weighted by molar-refractivity contribution is 5.91. The van der Waals surface area contributed by atoms with Gasteiger partial charge in [0.1, 0.15) is 5.82 Å². The number of hydrogen-bond donors (Lipinski definition) is 1. The molecule has 1 aromatic carbocycles. The van der Waals surface area contributed by atoms with Gasteiger partial charge in [-0.25, -0.2) is 15.0 Å². The maximum atomic E-state index is 12.3. The Morgan fingerprint density at radius 1 is 1.00 bits per heavy atom. The molecular weight excluding hydrogens is 316 g/mol. The van der Waals surface area contributed by atoms with Gasteiger partial charge in [0.25, 0.3) is 0 Å². The first-order valence-electron chi connectivity index (χ1n) is 8.34. The fourth-order valence-corrected chi connectivity index (χ4v) is 3.05. The Kier molecular flexibility index (Phi) is 4.20. The number of amides is 1. The van der Waals surface area contributed by atoms with Gasteiger partial charge < -0.3 is 4.90 Å². The second-order valence-electron chi connectivity index (χ2n) is 6.04. The van der Waals surface area contributed by atoms with Gasteiger partial charge in [0, 0.05) is 31.4 Å². The number of nitrogens with zero attached hydrogens (tertiary/aromatic N) is 5. The van der Waals surface area contributed by atoms with E-state index in [1.807, 2.05) is 24.3 Å². The van der Waals surface area contributed by atoms with E-state index in [4.69, 9.17) is 0 Å². The summed E-state index contributed by atoms with van der Waals surface area (Å²) in [6, 6.07) is 9.55. The van der Waals surface area contributed by atoms with Crippen LogP contribution in [0.5, 0.6) is 0 Å². The van der Waals surface area contributed by atoms with E-state index >= 15 is 0 Å². The molecule has 0 atom stereocenters. The van der Waals surface area contributed by atoms with E-state index in [9.17, 15) is 4.79 Å². The number of carbonyl (C=O) groups is 1. The van der Waals surface area contributed by atoms with E-state index in [1.165, 1.54) is 0 Å². The van der Waals surface area contributed by atoms with Gasteiger partial charge in [0.05, 0.1) is 17.2 Å². The zero-order valence-corrected chi connectivity index (χ0v) is 13.7. The normalized spacial score (nSPS) is 15.3. The van der Waals surface area contributed by atoms with Gasteiger partial charge in [0.2, 0.25) is 11.9 Å². The maximum Gasteiger partial charge on any atom is 0.229 e. The minimum Gasteiger partial charge on any atom is -0.355 e. The zero-order valence-electron chi connectivity index (χ0n) is 13.7. The van der Waals surface area contributed by atoms with Crippen LogP contribution in [0.2, 0.25) is 0 Å². The molecular formula is C18H18N6O. The molecule has 7 heteroatoms. The number of aromatic nitrogens is 4. The van der Waals surface area contributed by atoms with Gasteiger partial charge in [0.15, 0.2) is 0 Å². The molecule has 0 radical (unpaired) electrons. The standard InChI is InChI=1S/C18H18N6O/c25-17(23-18-19-8-3-9-20-18)13-6-10-24(11-7-13)16-12-21-14-4-1-2-5-15(14)22-16/h1-5,8-9,12-13H,6-7,10-11H2,(H,19,20,23,25). The minimum absolute atomic E-state index is 0.0181. The second kappa shape index (κ2) is 6.80. The van der Waals surface area contributed by atoms with Crippen LogP contribution in [0.25, 0.3) is 11.0 Å². The third-order valence-electron chi connectivity index (χ3n) is 4.43. The number of carbonyl (C=O) groups excluding carboxylic acids is 1. The van der Waals surface area contributed by atoms with Crippen molar-refractivity contribution >= 4 is 28.7 Å². The number of anilines is 2. The second-order valence-corrected chi connectivity index (χ2v) is 6.04. The van der Waals surface area contributed by atoms with E-state index in [1.54, 1.807) is 24.7 Å². The van der Waals surface area contributed by atoms with Gasteiger partial charge in [-0.3, -0.25) is 15.1 Å². The molecule has 1 N–H and O–H groups in total. The van der Waals surface area contributed by atoms with Crippen LogP contribution in [0, 0.1) is 5.92 Å². The van der Waals surface area contributed by atoms with Crippen LogP contribution < -0.4 is 10.2 Å². The van der Waals surface area contributed by atoms with E-state index in [-0.39, 0.29) is 11.8 Å². The van der Waals surface area contributed by atoms with Gasteiger partial charge in [-0.2, -0.15) is 0 Å². The largest absolute Gasteiger partial charge is 0.355 e. The van der Waals surface area contributed by atoms with Crippen LogP contribution in [-0.2, 0) is 4.79 Å². The Morgan fingerprint density at radius 3 is 2.48 bits per heavy atom. The van der Waals surface area contributed by atoms with Crippen molar-refractivity contribution in [1.82, 2.24) is 19.9 Å². The van der Waals surface area contributed by atoms with Crippen molar-refractivity contribution in [3.63, 3.8) is 0 Å². The first kappa shape index (κ1) is 15.4. The quantitative estimate of drug-likeness (QED) is 0.791. The Labute approximate surface area is 145 Å². The molecule has 7 nitrogen and oxygen atoms in total. The van der Waals surface area contributed by atoms with Crippen LogP contribution in [0.3, 0.4) is 0 Å². The van der Waals surface area contributed by atoms with Gasteiger partial charge in [-0.1, -0.05) is 12.1 Å². The van der Waals surface area contributed by atoms with E-state index in [2.05, 4.69) is 30.2 Å². The van der Waals surface area contributed by atoms with Crippen LogP contribution in [-0.4, -0.2) is 38.9 Å². The average molecular weight is 334 g/mol. The van der Waals surface area contributed by atoms with E-state index in [0.29, 0.717) is 5.95 Å². The fourth-order valence-electron chi connectivity index (χ4n) is 3.05. The molecule has 1 amide bonds. The molecule has 0 aliphatic carbocycles. The molecule has 25 heavy (non-hydrogen) atoms. The molecule has 2 aromatic heterocycles. The molecule has 3 aromatic rings. The molecule has 3 heterocycles. The Morgan fingerprint density at radius 2 is 1.72 bits per heavy atom. The number of rotatable bonds is 3. The number of piperidine rings is 1. The highest BCUT2D eigenvalue weighted by Gasteiger charge is 2.26. The predicted octanol–water partition coefficient (Wildman–Crippen LogP) is 2.27. The van der Waals surface area contributed by atoms with Crippen molar-refractivity contribution in [2.45, 2.75) is 12.8 Å². The SMILES string of the molecule is O=C(Nc1ncccn1)C1CCN(c2cnc3ccccc3n2)CC1. The average Bonchev–Trinajstić information content (AvgIpc) is 2.68. The molecule has 4 rings (SSSR count). The lowest BCUT2D eigenvalue weighted by Crippen LogP contribution is -2.38. The van der Waals surface area contributed by atoms with Crippen molar-refractivity contribution in [3.8, 4) is 0 Å². The third-order valence-corrected chi connectivity index (χ3v) is 4.43. The number of para-hydroxylation sites is 2. The number of nitrogens with one attached hydrogen (secondary N) is 1. The first-order valence-corrected chi connectivity index (χ1v) is 8.34. The summed E-state index contributed by atoms with van der Waals surface area (Å²) in [5.41, 5.74) is 1.78.